The Balaban J connectivity index is 1.98. The van der Waals surface area contributed by atoms with Crippen LogP contribution in [0.4, 0.5) is 5.69 Å². The van der Waals surface area contributed by atoms with Gasteiger partial charge in [0.15, 0.2) is 0 Å². The maximum atomic E-state index is 6.48. The first kappa shape index (κ1) is 14.7. The first-order valence-corrected chi connectivity index (χ1v) is 8.66. The second-order valence-corrected chi connectivity index (χ2v) is 6.35. The number of hydrogen-bond acceptors (Lipinski definition) is 1. The van der Waals surface area contributed by atoms with E-state index in [0.29, 0.717) is 11.8 Å². The monoisotopic (exact) mass is 339 g/mol. The number of aliphatic imine (C=N–C) groups is 1. The molecule has 0 amide bonds. The molecule has 2 aromatic rings. The second-order valence-electron chi connectivity index (χ2n) is 5.82. The molecule has 0 N–H and O–H groups in total. The summed E-state index contributed by atoms with van der Waals surface area (Å²) in [6, 6.07) is 18.5. The molecule has 2 aromatic carbocycles. The average molecular weight is 340 g/mol. The van der Waals surface area contributed by atoms with Gasteiger partial charge in [0.25, 0.3) is 0 Å². The van der Waals surface area contributed by atoms with Crippen LogP contribution in [0.5, 0.6) is 0 Å². The van der Waals surface area contributed by atoms with E-state index in [1.165, 1.54) is 0 Å². The van der Waals surface area contributed by atoms with Crippen LogP contribution in [0.2, 0.25) is 0 Å². The van der Waals surface area contributed by atoms with E-state index >= 15 is 0 Å². The number of hydrogen-bond donors (Lipinski definition) is 0. The number of benzene rings is 2. The molecule has 1 heterocycles. The first-order chi connectivity index (χ1) is 11.3. The lowest BCUT2D eigenvalue weighted by atomic mass is 9.70. The summed E-state index contributed by atoms with van der Waals surface area (Å²) < 4.78 is 0. The number of rotatable bonds is 3. The second kappa shape index (κ2) is 5.67. The van der Waals surface area contributed by atoms with Crippen molar-refractivity contribution in [3.05, 3.63) is 83.4 Å². The van der Waals surface area contributed by atoms with Crippen molar-refractivity contribution in [1.29, 1.82) is 0 Å². The van der Waals surface area contributed by atoms with E-state index in [1.54, 1.807) is 0 Å². The van der Waals surface area contributed by atoms with Crippen LogP contribution in [0.3, 0.4) is 0 Å². The van der Waals surface area contributed by atoms with Crippen LogP contribution in [0.1, 0.15) is 11.1 Å². The number of allylic oxidation sites excluding steroid dienone is 4. The van der Waals surface area contributed by atoms with E-state index in [0.717, 1.165) is 33.7 Å². The minimum Gasteiger partial charge on any atom is -0.251 e. The molecule has 4 rings (SSSR count). The lowest BCUT2D eigenvalue weighted by Crippen LogP contribution is -2.38. The predicted octanol–water partition coefficient (Wildman–Crippen LogP) is 5.51. The summed E-state index contributed by atoms with van der Waals surface area (Å²) >= 11 is 12.7. The maximum Gasteiger partial charge on any atom is 0.0712 e. The molecule has 23 heavy (non-hydrogen) atoms. The summed E-state index contributed by atoms with van der Waals surface area (Å²) in [5, 5.41) is 0. The van der Waals surface area contributed by atoms with Crippen LogP contribution in [0, 0.1) is 0 Å². The van der Waals surface area contributed by atoms with Gasteiger partial charge >= 0.3 is 0 Å². The topological polar surface area (TPSA) is 12.4 Å². The summed E-state index contributed by atoms with van der Waals surface area (Å²) in [4.78, 5) is 4.94. The molecule has 1 atom stereocenters. The minimum absolute atomic E-state index is 0.410. The highest BCUT2D eigenvalue weighted by Crippen LogP contribution is 2.47. The summed E-state index contributed by atoms with van der Waals surface area (Å²) in [7, 11) is 0. The highest BCUT2D eigenvalue weighted by Gasteiger charge is 2.42. The molecule has 0 spiro atoms. The van der Waals surface area contributed by atoms with Crippen molar-refractivity contribution in [2.45, 2.75) is 5.41 Å². The Kier molecular flexibility index (Phi) is 3.63. The number of fused-ring (bicyclic) bond motifs is 3. The largest absolute Gasteiger partial charge is 0.251 e. The quantitative estimate of drug-likeness (QED) is 0.653. The van der Waals surface area contributed by atoms with Crippen LogP contribution in [0.25, 0.3) is 5.57 Å². The van der Waals surface area contributed by atoms with Crippen LogP contribution in [-0.4, -0.2) is 17.5 Å². The summed E-state index contributed by atoms with van der Waals surface area (Å²) in [6.07, 6.45) is 4.26. The number of nitrogens with zero attached hydrogens (tertiary/aromatic N) is 1. The Labute approximate surface area is 146 Å². The van der Waals surface area contributed by atoms with Crippen LogP contribution in [-0.2, 0) is 5.41 Å². The smallest absolute Gasteiger partial charge is 0.0712 e. The van der Waals surface area contributed by atoms with E-state index < -0.39 is 5.41 Å². The highest BCUT2D eigenvalue weighted by atomic mass is 35.5. The predicted molar refractivity (Wildman–Crippen MR) is 99.2 cm³/mol. The van der Waals surface area contributed by atoms with Gasteiger partial charge in [-0.2, -0.15) is 0 Å². The Morgan fingerprint density at radius 1 is 0.913 bits per heavy atom. The van der Waals surface area contributed by atoms with Crippen LogP contribution in [0.15, 0.2) is 77.3 Å². The van der Waals surface area contributed by atoms with Gasteiger partial charge in [-0.05, 0) is 17.2 Å². The lowest BCUT2D eigenvalue weighted by molar-refractivity contribution is 0.819. The van der Waals surface area contributed by atoms with Gasteiger partial charge in [0.1, 0.15) is 0 Å². The number of alkyl halides is 2. The van der Waals surface area contributed by atoms with Gasteiger partial charge < -0.3 is 0 Å². The third-order valence-corrected chi connectivity index (χ3v) is 5.31. The third kappa shape index (κ3) is 2.11. The Morgan fingerprint density at radius 3 is 2.39 bits per heavy atom. The number of para-hydroxylation sites is 1. The van der Waals surface area contributed by atoms with Crippen molar-refractivity contribution in [2.75, 3.05) is 11.8 Å². The molecule has 0 bridgehead atoms. The first-order valence-electron chi connectivity index (χ1n) is 7.59. The number of halogens is 2. The molecule has 2 aliphatic rings. The molecule has 1 unspecified atom stereocenters. The van der Waals surface area contributed by atoms with Crippen molar-refractivity contribution in [3.63, 3.8) is 0 Å². The zero-order chi connectivity index (χ0) is 15.9. The zero-order valence-electron chi connectivity index (χ0n) is 12.5. The van der Waals surface area contributed by atoms with Gasteiger partial charge in [-0.25, -0.2) is 0 Å². The minimum atomic E-state index is -0.410. The molecule has 0 fully saturated rings. The Hall–Kier alpha value is -1.83. The molecule has 0 radical (unpaired) electrons. The summed E-state index contributed by atoms with van der Waals surface area (Å²) in [5.41, 5.74) is 6.14. The summed E-state index contributed by atoms with van der Waals surface area (Å²) in [5.74, 6) is 0.908. The molecular weight excluding hydrogens is 325 g/mol. The van der Waals surface area contributed by atoms with Gasteiger partial charge in [-0.3, -0.25) is 4.99 Å². The van der Waals surface area contributed by atoms with E-state index in [1.807, 2.05) is 36.4 Å². The van der Waals surface area contributed by atoms with Gasteiger partial charge in [0.05, 0.1) is 16.8 Å². The maximum absolute atomic E-state index is 6.48. The fourth-order valence-electron chi connectivity index (χ4n) is 3.40. The van der Waals surface area contributed by atoms with Crippen LogP contribution < -0.4 is 0 Å². The van der Waals surface area contributed by atoms with Crippen LogP contribution >= 0.6 is 23.2 Å². The molecule has 3 heteroatoms. The van der Waals surface area contributed by atoms with Gasteiger partial charge in [0.2, 0.25) is 0 Å². The zero-order valence-corrected chi connectivity index (χ0v) is 14.0. The van der Waals surface area contributed by atoms with Crippen molar-refractivity contribution in [2.24, 2.45) is 4.99 Å². The SMILES string of the molecule is ClCC1=C2C(=Nc3ccccc32)C(CCl)(c2ccccc2)C=C1. The third-order valence-electron chi connectivity index (χ3n) is 4.60. The Bertz CT molecular complexity index is 849. The standard InChI is InChI=1S/C20H15Cl2N/c21-12-14-10-11-20(13-22,15-6-2-1-3-7-15)19-18(14)16-8-4-5-9-17(16)23-19/h1-11H,12-13H2. The van der Waals surface area contributed by atoms with Gasteiger partial charge in [0, 0.05) is 22.9 Å². The van der Waals surface area contributed by atoms with Crippen molar-refractivity contribution < 1.29 is 0 Å². The normalized spacial score (nSPS) is 21.9. The van der Waals surface area contributed by atoms with Crippen molar-refractivity contribution in [3.8, 4) is 0 Å². The fraction of sp³-hybridized carbons (Fsp3) is 0.150. The van der Waals surface area contributed by atoms with E-state index in [2.05, 4.69) is 30.4 Å². The molecule has 1 aliphatic heterocycles. The van der Waals surface area contributed by atoms with E-state index in [9.17, 15) is 0 Å². The van der Waals surface area contributed by atoms with Crippen molar-refractivity contribution in [1.82, 2.24) is 0 Å². The summed E-state index contributed by atoms with van der Waals surface area (Å²) in [6.45, 7) is 0. The molecular formula is C20H15Cl2N. The van der Waals surface area contributed by atoms with Crippen molar-refractivity contribution >= 4 is 40.2 Å². The average Bonchev–Trinajstić information content (AvgIpc) is 3.02. The van der Waals surface area contributed by atoms with Gasteiger partial charge in [-0.1, -0.05) is 60.7 Å². The fourth-order valence-corrected chi connectivity index (χ4v) is 4.00. The van der Waals surface area contributed by atoms with E-state index in [4.69, 9.17) is 28.2 Å². The molecule has 1 aliphatic carbocycles. The Morgan fingerprint density at radius 2 is 1.65 bits per heavy atom. The molecule has 0 saturated carbocycles. The molecule has 114 valence electrons. The molecule has 0 saturated heterocycles. The molecule has 0 aromatic heterocycles. The van der Waals surface area contributed by atoms with E-state index in [-0.39, 0.29) is 0 Å². The lowest BCUT2D eigenvalue weighted by Gasteiger charge is -2.34. The van der Waals surface area contributed by atoms with Gasteiger partial charge in [-0.15, -0.1) is 23.2 Å². The highest BCUT2D eigenvalue weighted by molar-refractivity contribution is 6.38. The molecule has 1 nitrogen and oxygen atoms in total.